The third-order valence-electron chi connectivity index (χ3n) is 6.30. The normalized spacial score (nSPS) is 12.2. The maximum atomic E-state index is 14.0. The molecule has 2 amide bonds. The lowest BCUT2D eigenvalue weighted by Gasteiger charge is -2.32. The van der Waals surface area contributed by atoms with Crippen LogP contribution in [0.3, 0.4) is 0 Å². The Morgan fingerprint density at radius 2 is 1.50 bits per heavy atom. The molecule has 3 rings (SSSR count). The van der Waals surface area contributed by atoms with Crippen LogP contribution in [-0.4, -0.2) is 44.3 Å². The molecule has 0 saturated heterocycles. The molecule has 3 aromatic carbocycles. The summed E-state index contributed by atoms with van der Waals surface area (Å²) >= 11 is 19.2. The number of amides is 2. The van der Waals surface area contributed by atoms with Crippen LogP contribution in [0.2, 0.25) is 15.1 Å². The van der Waals surface area contributed by atoms with Crippen molar-refractivity contribution in [1.29, 1.82) is 0 Å². The highest BCUT2D eigenvalue weighted by Gasteiger charge is 2.33. The molecule has 0 unspecified atom stereocenters. The van der Waals surface area contributed by atoms with Gasteiger partial charge in [-0.15, -0.1) is 0 Å². The zero-order valence-electron chi connectivity index (χ0n) is 22.7. The smallest absolute Gasteiger partial charge is 0.264 e. The Kier molecular flexibility index (Phi) is 10.9. The summed E-state index contributed by atoms with van der Waals surface area (Å²) in [6.45, 7) is 6.99. The van der Waals surface area contributed by atoms with Gasteiger partial charge in [0.25, 0.3) is 10.0 Å². The summed E-state index contributed by atoms with van der Waals surface area (Å²) in [7, 11) is -4.19. The SMILES string of the molecule is Cc1ccc(N(CC(=O)N(Cc2c(Cl)cccc2Cl)[C@H](C)C(=O)NCC(C)C)S(=O)(=O)c2ccccc2)cc1Cl. The molecule has 0 aliphatic heterocycles. The standard InChI is InChI=1S/C29H32Cl3N3O4S/c1-19(2)16-33-29(37)21(4)34(17-24-25(30)11-8-12-26(24)31)28(36)18-35(22-14-13-20(3)27(32)15-22)40(38,39)23-9-6-5-7-10-23/h5-15,19,21H,16-18H2,1-4H3,(H,33,37)/t21-/m1/s1. The van der Waals surface area contributed by atoms with Gasteiger partial charge in [-0.05, 0) is 61.7 Å². The first-order chi connectivity index (χ1) is 18.8. The van der Waals surface area contributed by atoms with Crippen LogP contribution in [0.25, 0.3) is 0 Å². The zero-order valence-corrected chi connectivity index (χ0v) is 25.8. The fraction of sp³-hybridized carbons (Fsp3) is 0.310. The van der Waals surface area contributed by atoms with Crippen molar-refractivity contribution in [2.75, 3.05) is 17.4 Å². The quantitative estimate of drug-likeness (QED) is 0.270. The fourth-order valence-electron chi connectivity index (χ4n) is 3.87. The number of rotatable bonds is 11. The van der Waals surface area contributed by atoms with Gasteiger partial charge in [0, 0.05) is 33.7 Å². The molecule has 0 spiro atoms. The van der Waals surface area contributed by atoms with Gasteiger partial charge in [0.1, 0.15) is 12.6 Å². The summed E-state index contributed by atoms with van der Waals surface area (Å²) in [6, 6.07) is 16.5. The van der Waals surface area contributed by atoms with Crippen LogP contribution in [0, 0.1) is 12.8 Å². The molecule has 0 aliphatic rings. The van der Waals surface area contributed by atoms with E-state index < -0.39 is 28.5 Å². The van der Waals surface area contributed by atoms with Crippen molar-refractivity contribution in [1.82, 2.24) is 10.2 Å². The molecule has 1 N–H and O–H groups in total. The van der Waals surface area contributed by atoms with Gasteiger partial charge >= 0.3 is 0 Å². The number of carbonyl (C=O) groups is 2. The van der Waals surface area contributed by atoms with Gasteiger partial charge < -0.3 is 10.2 Å². The molecule has 0 aliphatic carbocycles. The Balaban J connectivity index is 2.06. The first kappa shape index (κ1) is 31.7. The first-order valence-electron chi connectivity index (χ1n) is 12.7. The first-order valence-corrected chi connectivity index (χ1v) is 15.2. The number of nitrogens with one attached hydrogen (secondary N) is 1. The van der Waals surface area contributed by atoms with Gasteiger partial charge in [-0.25, -0.2) is 8.42 Å². The Morgan fingerprint density at radius 1 is 0.875 bits per heavy atom. The number of nitrogens with zero attached hydrogens (tertiary/aromatic N) is 2. The van der Waals surface area contributed by atoms with Gasteiger partial charge in [0.05, 0.1) is 10.6 Å². The van der Waals surface area contributed by atoms with Gasteiger partial charge in [-0.3, -0.25) is 13.9 Å². The van der Waals surface area contributed by atoms with E-state index in [1.165, 1.54) is 23.1 Å². The van der Waals surface area contributed by atoms with Crippen LogP contribution in [0.1, 0.15) is 31.9 Å². The van der Waals surface area contributed by atoms with E-state index in [-0.39, 0.29) is 29.0 Å². The van der Waals surface area contributed by atoms with Crippen LogP contribution in [0.5, 0.6) is 0 Å². The maximum Gasteiger partial charge on any atom is 0.264 e. The minimum absolute atomic E-state index is 0.00270. The molecule has 1 atom stereocenters. The van der Waals surface area contributed by atoms with E-state index in [9.17, 15) is 18.0 Å². The van der Waals surface area contributed by atoms with E-state index in [1.54, 1.807) is 62.4 Å². The number of carbonyl (C=O) groups excluding carboxylic acids is 2. The van der Waals surface area contributed by atoms with Crippen LogP contribution < -0.4 is 9.62 Å². The van der Waals surface area contributed by atoms with Crippen LogP contribution in [-0.2, 0) is 26.2 Å². The van der Waals surface area contributed by atoms with Gasteiger partial charge in [0.15, 0.2) is 0 Å². The monoisotopic (exact) mass is 623 g/mol. The maximum absolute atomic E-state index is 14.0. The fourth-order valence-corrected chi connectivity index (χ4v) is 5.99. The Labute approximate surface area is 251 Å². The summed E-state index contributed by atoms with van der Waals surface area (Å²) < 4.78 is 28.6. The van der Waals surface area contributed by atoms with Crippen molar-refractivity contribution in [3.8, 4) is 0 Å². The molecule has 0 heterocycles. The number of anilines is 1. The highest BCUT2D eigenvalue weighted by atomic mass is 35.5. The third-order valence-corrected chi connectivity index (χ3v) is 9.20. The molecule has 0 radical (unpaired) electrons. The molecule has 0 aromatic heterocycles. The van der Waals surface area contributed by atoms with Crippen LogP contribution in [0.4, 0.5) is 5.69 Å². The molecule has 11 heteroatoms. The average Bonchev–Trinajstić information content (AvgIpc) is 2.91. The molecular weight excluding hydrogens is 593 g/mol. The van der Waals surface area contributed by atoms with E-state index in [0.717, 1.165) is 9.87 Å². The Morgan fingerprint density at radius 3 is 2.08 bits per heavy atom. The van der Waals surface area contributed by atoms with E-state index in [2.05, 4.69) is 5.32 Å². The zero-order chi connectivity index (χ0) is 29.6. The summed E-state index contributed by atoms with van der Waals surface area (Å²) in [5, 5.41) is 3.82. The van der Waals surface area contributed by atoms with Crippen molar-refractivity contribution >= 4 is 62.3 Å². The van der Waals surface area contributed by atoms with Crippen molar-refractivity contribution in [3.63, 3.8) is 0 Å². The van der Waals surface area contributed by atoms with E-state index in [4.69, 9.17) is 34.8 Å². The second-order valence-electron chi connectivity index (χ2n) is 9.80. The number of aryl methyl sites for hydroxylation is 1. The van der Waals surface area contributed by atoms with E-state index in [1.807, 2.05) is 13.8 Å². The topological polar surface area (TPSA) is 86.8 Å². The molecule has 40 heavy (non-hydrogen) atoms. The molecular formula is C29H32Cl3N3O4S. The molecule has 3 aromatic rings. The number of benzene rings is 3. The van der Waals surface area contributed by atoms with Gasteiger partial charge in [-0.1, -0.05) is 79.0 Å². The summed E-state index contributed by atoms with van der Waals surface area (Å²) in [5.41, 5.74) is 1.40. The van der Waals surface area contributed by atoms with Crippen molar-refractivity contribution < 1.29 is 18.0 Å². The van der Waals surface area contributed by atoms with E-state index in [0.29, 0.717) is 27.2 Å². The van der Waals surface area contributed by atoms with Crippen LogP contribution in [0.15, 0.2) is 71.6 Å². The Hall–Kier alpha value is -2.78. The second-order valence-corrected chi connectivity index (χ2v) is 12.9. The van der Waals surface area contributed by atoms with Gasteiger partial charge in [0.2, 0.25) is 11.8 Å². The number of hydrogen-bond donors (Lipinski definition) is 1. The molecule has 0 fully saturated rings. The summed E-state index contributed by atoms with van der Waals surface area (Å²) in [4.78, 5) is 28.4. The molecule has 214 valence electrons. The molecule has 0 bridgehead atoms. The minimum Gasteiger partial charge on any atom is -0.354 e. The number of sulfonamides is 1. The Bertz CT molecular complexity index is 1450. The lowest BCUT2D eigenvalue weighted by molar-refractivity contribution is -0.139. The predicted molar refractivity (Wildman–Crippen MR) is 161 cm³/mol. The summed E-state index contributed by atoms with van der Waals surface area (Å²) in [5.74, 6) is -0.823. The second kappa shape index (κ2) is 13.7. The largest absolute Gasteiger partial charge is 0.354 e. The lowest BCUT2D eigenvalue weighted by atomic mass is 10.1. The predicted octanol–water partition coefficient (Wildman–Crippen LogP) is 6.34. The summed E-state index contributed by atoms with van der Waals surface area (Å²) in [6.07, 6.45) is 0. The highest BCUT2D eigenvalue weighted by Crippen LogP contribution is 2.30. The third kappa shape index (κ3) is 7.69. The van der Waals surface area contributed by atoms with Crippen molar-refractivity contribution in [2.45, 2.75) is 45.2 Å². The number of halogens is 3. The molecule has 0 saturated carbocycles. The van der Waals surface area contributed by atoms with Crippen LogP contribution >= 0.6 is 34.8 Å². The number of hydrogen-bond acceptors (Lipinski definition) is 4. The highest BCUT2D eigenvalue weighted by molar-refractivity contribution is 7.92. The van der Waals surface area contributed by atoms with Crippen molar-refractivity contribution in [2.24, 2.45) is 5.92 Å². The minimum atomic E-state index is -4.19. The van der Waals surface area contributed by atoms with Gasteiger partial charge in [-0.2, -0.15) is 0 Å². The van der Waals surface area contributed by atoms with Crippen molar-refractivity contribution in [3.05, 3.63) is 92.9 Å². The van der Waals surface area contributed by atoms with E-state index >= 15 is 0 Å². The molecule has 7 nitrogen and oxygen atoms in total. The average molecular weight is 625 g/mol. The lowest BCUT2D eigenvalue weighted by Crippen LogP contribution is -2.51.